The lowest BCUT2D eigenvalue weighted by Crippen LogP contribution is -2.63. The van der Waals surface area contributed by atoms with E-state index < -0.39 is 11.6 Å². The van der Waals surface area contributed by atoms with Crippen molar-refractivity contribution >= 4 is 12.4 Å². The second-order valence-corrected chi connectivity index (χ2v) is 8.70. The van der Waals surface area contributed by atoms with Crippen LogP contribution in [0, 0.1) is 0 Å². The van der Waals surface area contributed by atoms with Gasteiger partial charge in [0.2, 0.25) is 0 Å². The molecule has 4 heterocycles. The predicted octanol–water partition coefficient (Wildman–Crippen LogP) is 0.820. The van der Waals surface area contributed by atoms with E-state index in [4.69, 9.17) is 14.6 Å². The Balaban J connectivity index is 0.000000913. The van der Waals surface area contributed by atoms with Gasteiger partial charge in [-0.25, -0.2) is 0 Å². The largest absolute Gasteiger partial charge is 0.483 e. The molecule has 4 rings (SSSR count). The Kier molecular flexibility index (Phi) is 7.60. The van der Waals surface area contributed by atoms with Crippen LogP contribution in [0.5, 0.6) is 0 Å². The van der Waals surface area contributed by atoms with Gasteiger partial charge in [-0.3, -0.25) is 24.2 Å². The van der Waals surface area contributed by atoms with E-state index in [2.05, 4.69) is 20.3 Å². The molecule has 10 nitrogen and oxygen atoms in total. The van der Waals surface area contributed by atoms with Crippen molar-refractivity contribution in [1.29, 1.82) is 0 Å². The molecule has 32 heavy (non-hydrogen) atoms. The molecule has 0 radical (unpaired) electrons. The van der Waals surface area contributed by atoms with E-state index in [0.29, 0.717) is 18.6 Å². The summed E-state index contributed by atoms with van der Waals surface area (Å²) in [6.45, 7) is 4.56. The molecule has 2 aliphatic heterocycles. The monoisotopic (exact) mass is 445 g/mol. The first-order valence-electron chi connectivity index (χ1n) is 10.6. The molecule has 174 valence electrons. The van der Waals surface area contributed by atoms with Crippen LogP contribution in [-0.2, 0) is 23.1 Å². The number of pyridine rings is 1. The van der Waals surface area contributed by atoms with Crippen molar-refractivity contribution in [3.8, 4) is 0 Å². The van der Waals surface area contributed by atoms with E-state index in [1.165, 1.54) is 11.8 Å². The van der Waals surface area contributed by atoms with E-state index in [0.717, 1.165) is 32.5 Å². The molecule has 3 N–H and O–H groups in total. The second kappa shape index (κ2) is 10.2. The number of carboxylic acid groups (broad SMARTS) is 1. The number of amides is 1. The van der Waals surface area contributed by atoms with Crippen molar-refractivity contribution < 1.29 is 24.5 Å². The van der Waals surface area contributed by atoms with Gasteiger partial charge in [0, 0.05) is 57.3 Å². The highest BCUT2D eigenvalue weighted by Gasteiger charge is 2.49. The van der Waals surface area contributed by atoms with Gasteiger partial charge in [0.1, 0.15) is 0 Å². The molecule has 2 saturated heterocycles. The van der Waals surface area contributed by atoms with Crippen LogP contribution in [0.15, 0.2) is 36.9 Å². The van der Waals surface area contributed by atoms with Crippen LogP contribution in [0.1, 0.15) is 42.1 Å². The van der Waals surface area contributed by atoms with E-state index in [1.807, 2.05) is 24.1 Å². The van der Waals surface area contributed by atoms with E-state index in [9.17, 15) is 9.90 Å². The molecule has 0 aliphatic carbocycles. The zero-order valence-electron chi connectivity index (χ0n) is 18.5. The zero-order chi connectivity index (χ0) is 23.2. The number of piperidine rings is 1. The zero-order valence-corrected chi connectivity index (χ0v) is 18.5. The summed E-state index contributed by atoms with van der Waals surface area (Å²) in [5.41, 5.74) is 0.331. The summed E-state index contributed by atoms with van der Waals surface area (Å²) in [5, 5.41) is 25.2. The standard InChI is InChI=1S/C21H29N5O3.CH2O2/c1-20(28)15-21(5-8-26(9-6-21)13-16-10-23-25(2)12-16)29-14-18(20)24-19(27)17-4-3-7-22-11-17;2-1-3/h3-4,7,10-12,18,28H,5-6,8-9,13-15H2,1-2H3,(H,24,27);1H,(H,2,3)/t18-,20-;/m0./s1. The number of nitrogens with one attached hydrogen (secondary N) is 1. The van der Waals surface area contributed by atoms with Gasteiger partial charge in [-0.15, -0.1) is 0 Å². The smallest absolute Gasteiger partial charge is 0.290 e. The number of rotatable bonds is 4. The quantitative estimate of drug-likeness (QED) is 0.590. The van der Waals surface area contributed by atoms with Gasteiger partial charge in [-0.05, 0) is 31.9 Å². The van der Waals surface area contributed by atoms with Gasteiger partial charge >= 0.3 is 0 Å². The molecule has 0 saturated carbocycles. The topological polar surface area (TPSA) is 130 Å². The summed E-state index contributed by atoms with van der Waals surface area (Å²) in [4.78, 5) is 27.2. The van der Waals surface area contributed by atoms with Crippen molar-refractivity contribution in [2.75, 3.05) is 19.7 Å². The predicted molar refractivity (Wildman–Crippen MR) is 116 cm³/mol. The maximum Gasteiger partial charge on any atom is 0.290 e. The van der Waals surface area contributed by atoms with E-state index in [1.54, 1.807) is 25.3 Å². The molecule has 2 aromatic heterocycles. The Hall–Kier alpha value is -2.82. The van der Waals surface area contributed by atoms with E-state index >= 15 is 0 Å². The number of likely N-dealkylation sites (tertiary alicyclic amines) is 1. The number of hydrogen-bond donors (Lipinski definition) is 3. The molecule has 1 amide bonds. The normalized spacial score (nSPS) is 24.9. The van der Waals surface area contributed by atoms with E-state index in [-0.39, 0.29) is 18.0 Å². The SMILES string of the molecule is Cn1cc(CN2CCC3(CC2)C[C@](C)(O)[C@@H](NC(=O)c2cccnc2)CO3)cn1.O=CO. The summed E-state index contributed by atoms with van der Waals surface area (Å²) in [7, 11) is 1.93. The average Bonchev–Trinajstić information content (AvgIpc) is 3.17. The fraction of sp³-hybridized carbons (Fsp3) is 0.545. The third-order valence-corrected chi connectivity index (χ3v) is 6.15. The van der Waals surface area contributed by atoms with Crippen molar-refractivity contribution in [1.82, 2.24) is 25.0 Å². The third-order valence-electron chi connectivity index (χ3n) is 6.15. The van der Waals surface area contributed by atoms with Crippen LogP contribution in [0.2, 0.25) is 0 Å². The summed E-state index contributed by atoms with van der Waals surface area (Å²) >= 11 is 0. The van der Waals surface area contributed by atoms with Gasteiger partial charge in [0.15, 0.2) is 0 Å². The molecule has 1 spiro atoms. The molecular formula is C22H31N5O5. The number of carbonyl (C=O) groups is 2. The number of carbonyl (C=O) groups excluding carboxylic acids is 1. The first-order chi connectivity index (χ1) is 15.3. The first-order valence-corrected chi connectivity index (χ1v) is 10.6. The van der Waals surface area contributed by atoms with Crippen LogP contribution in [0.25, 0.3) is 0 Å². The lowest BCUT2D eigenvalue weighted by atomic mass is 9.75. The molecule has 0 aromatic carbocycles. The molecule has 2 aliphatic rings. The summed E-state index contributed by atoms with van der Waals surface area (Å²) in [5.74, 6) is -0.241. The molecular weight excluding hydrogens is 414 g/mol. The number of aromatic nitrogens is 3. The lowest BCUT2D eigenvalue weighted by molar-refractivity contribution is -0.186. The number of aryl methyl sites for hydroxylation is 1. The van der Waals surface area contributed by atoms with Gasteiger partial charge in [-0.1, -0.05) is 0 Å². The van der Waals surface area contributed by atoms with Crippen LogP contribution >= 0.6 is 0 Å². The Morgan fingerprint density at radius 1 is 1.38 bits per heavy atom. The minimum atomic E-state index is -1.03. The van der Waals surface area contributed by atoms with Gasteiger partial charge in [0.05, 0.1) is 35.6 Å². The maximum atomic E-state index is 12.5. The Morgan fingerprint density at radius 3 is 2.66 bits per heavy atom. The first kappa shape index (κ1) is 23.8. The number of ether oxygens (including phenoxy) is 1. The molecule has 0 unspecified atom stereocenters. The minimum Gasteiger partial charge on any atom is -0.483 e. The van der Waals surface area contributed by atoms with Crippen molar-refractivity contribution in [3.63, 3.8) is 0 Å². The Morgan fingerprint density at radius 2 is 2.09 bits per heavy atom. The maximum absolute atomic E-state index is 12.5. The van der Waals surface area contributed by atoms with Crippen molar-refractivity contribution in [2.45, 2.75) is 50.0 Å². The van der Waals surface area contributed by atoms with Gasteiger partial charge in [-0.2, -0.15) is 5.10 Å². The Bertz CT molecular complexity index is 893. The lowest BCUT2D eigenvalue weighted by Gasteiger charge is -2.51. The molecule has 0 bridgehead atoms. The van der Waals surface area contributed by atoms with Crippen LogP contribution in [0.4, 0.5) is 0 Å². The van der Waals surface area contributed by atoms with Crippen molar-refractivity contribution in [3.05, 3.63) is 48.0 Å². The van der Waals surface area contributed by atoms with Gasteiger partial charge in [0.25, 0.3) is 12.4 Å². The summed E-state index contributed by atoms with van der Waals surface area (Å²) in [6, 6.07) is 2.98. The van der Waals surface area contributed by atoms with Gasteiger partial charge < -0.3 is 20.3 Å². The second-order valence-electron chi connectivity index (χ2n) is 8.70. The summed E-state index contributed by atoms with van der Waals surface area (Å²) in [6.07, 6.45) is 9.34. The highest BCUT2D eigenvalue weighted by atomic mass is 16.5. The average molecular weight is 446 g/mol. The van der Waals surface area contributed by atoms with Crippen LogP contribution < -0.4 is 5.32 Å². The fourth-order valence-corrected chi connectivity index (χ4v) is 4.45. The molecule has 2 atom stereocenters. The number of aliphatic hydroxyl groups is 1. The third kappa shape index (κ3) is 5.90. The van der Waals surface area contributed by atoms with Crippen LogP contribution in [-0.4, -0.2) is 79.2 Å². The minimum absolute atomic E-state index is 0.241. The molecule has 10 heteroatoms. The Labute approximate surface area is 187 Å². The van der Waals surface area contributed by atoms with Crippen LogP contribution in [0.3, 0.4) is 0 Å². The molecule has 2 aromatic rings. The number of nitrogens with zero attached hydrogens (tertiary/aromatic N) is 4. The highest BCUT2D eigenvalue weighted by molar-refractivity contribution is 5.94. The number of hydrogen-bond acceptors (Lipinski definition) is 7. The molecule has 2 fully saturated rings. The fourth-order valence-electron chi connectivity index (χ4n) is 4.45. The summed E-state index contributed by atoms with van der Waals surface area (Å²) < 4.78 is 8.08. The van der Waals surface area contributed by atoms with Crippen molar-refractivity contribution in [2.24, 2.45) is 7.05 Å². The highest BCUT2D eigenvalue weighted by Crippen LogP contribution is 2.39.